The molecule has 0 aliphatic carbocycles. The van der Waals surface area contributed by atoms with Gasteiger partial charge in [0.25, 0.3) is 0 Å². The van der Waals surface area contributed by atoms with E-state index in [1.165, 1.54) is 6.92 Å². The van der Waals surface area contributed by atoms with Gasteiger partial charge in [0.05, 0.1) is 5.52 Å². The average molecular weight is 186 g/mol. The number of rotatable bonds is 1. The van der Waals surface area contributed by atoms with Crippen LogP contribution in [0.25, 0.3) is 10.9 Å². The molecule has 0 aliphatic rings. The minimum atomic E-state index is -0.0547. The van der Waals surface area contributed by atoms with Crippen molar-refractivity contribution >= 4 is 16.7 Å². The van der Waals surface area contributed by atoms with Crippen LogP contribution in [0.2, 0.25) is 0 Å². The van der Waals surface area contributed by atoms with Crippen molar-refractivity contribution in [2.24, 2.45) is 0 Å². The Bertz CT molecular complexity index is 506. The highest BCUT2D eigenvalue weighted by Gasteiger charge is 2.03. The molecule has 14 heavy (non-hydrogen) atoms. The summed E-state index contributed by atoms with van der Waals surface area (Å²) in [6, 6.07) is 7.65. The molecule has 0 unspecified atom stereocenters. The molecule has 70 valence electrons. The largest absolute Gasteiger partial charge is 0.293 e. The first-order chi connectivity index (χ1) is 6.66. The number of benzene rings is 1. The third-order valence-corrected chi connectivity index (χ3v) is 2.10. The van der Waals surface area contributed by atoms with Crippen LogP contribution in [0.1, 0.15) is 23.0 Å². The van der Waals surface area contributed by atoms with Gasteiger partial charge in [-0.1, -0.05) is 11.6 Å². The second-order valence-electron chi connectivity index (χ2n) is 3.35. The number of fused-ring (bicyclic) bond motifs is 1. The maximum Gasteiger partial charge on any atom is 0.180 e. The first kappa shape index (κ1) is 8.81. The number of hydrogen-bond acceptors (Lipinski definition) is 3. The third-order valence-electron chi connectivity index (χ3n) is 2.10. The van der Waals surface area contributed by atoms with Crippen LogP contribution in [0.4, 0.5) is 0 Å². The molecule has 0 saturated heterocycles. The molecular formula is C11H10N2O. The van der Waals surface area contributed by atoms with Crippen LogP contribution >= 0.6 is 0 Å². The molecule has 1 heterocycles. The van der Waals surface area contributed by atoms with Crippen molar-refractivity contribution in [2.75, 3.05) is 0 Å². The second kappa shape index (κ2) is 3.18. The molecule has 0 atom stereocenters. The monoisotopic (exact) mass is 186 g/mol. The van der Waals surface area contributed by atoms with E-state index in [-0.39, 0.29) is 5.78 Å². The Hall–Kier alpha value is -1.77. The Kier molecular flexibility index (Phi) is 2.00. The van der Waals surface area contributed by atoms with E-state index in [0.29, 0.717) is 5.69 Å². The zero-order valence-corrected chi connectivity index (χ0v) is 8.11. The second-order valence-corrected chi connectivity index (χ2v) is 3.35. The lowest BCUT2D eigenvalue weighted by molar-refractivity contribution is 0.101. The summed E-state index contributed by atoms with van der Waals surface area (Å²) in [5.74, 6) is -0.0547. The summed E-state index contributed by atoms with van der Waals surface area (Å²) in [7, 11) is 0. The highest BCUT2D eigenvalue weighted by Crippen LogP contribution is 2.13. The van der Waals surface area contributed by atoms with Crippen LogP contribution in [0.5, 0.6) is 0 Å². The normalized spacial score (nSPS) is 10.4. The minimum Gasteiger partial charge on any atom is -0.293 e. The van der Waals surface area contributed by atoms with Crippen LogP contribution in [-0.4, -0.2) is 16.0 Å². The van der Waals surface area contributed by atoms with E-state index < -0.39 is 0 Å². The summed E-state index contributed by atoms with van der Waals surface area (Å²) >= 11 is 0. The van der Waals surface area contributed by atoms with Gasteiger partial charge in [0.15, 0.2) is 5.78 Å². The topological polar surface area (TPSA) is 42.9 Å². The van der Waals surface area contributed by atoms with Crippen molar-refractivity contribution in [2.45, 2.75) is 13.8 Å². The fourth-order valence-corrected chi connectivity index (χ4v) is 1.34. The molecule has 0 radical (unpaired) electrons. The number of aryl methyl sites for hydroxylation is 1. The molecule has 3 nitrogen and oxygen atoms in total. The first-order valence-electron chi connectivity index (χ1n) is 4.42. The van der Waals surface area contributed by atoms with Gasteiger partial charge in [0.1, 0.15) is 5.69 Å². The summed E-state index contributed by atoms with van der Waals surface area (Å²) in [5, 5.41) is 8.77. The lowest BCUT2D eigenvalue weighted by Crippen LogP contribution is -1.98. The van der Waals surface area contributed by atoms with Crippen molar-refractivity contribution in [1.82, 2.24) is 10.2 Å². The first-order valence-corrected chi connectivity index (χ1v) is 4.42. The van der Waals surface area contributed by atoms with Crippen molar-refractivity contribution in [3.8, 4) is 0 Å². The molecule has 0 spiro atoms. The van der Waals surface area contributed by atoms with Crippen LogP contribution in [0.15, 0.2) is 24.3 Å². The highest BCUT2D eigenvalue weighted by molar-refractivity contribution is 5.95. The van der Waals surface area contributed by atoms with Crippen LogP contribution in [0, 0.1) is 6.92 Å². The van der Waals surface area contributed by atoms with Gasteiger partial charge in [-0.05, 0) is 25.1 Å². The van der Waals surface area contributed by atoms with Gasteiger partial charge < -0.3 is 0 Å². The Morgan fingerprint density at radius 1 is 1.21 bits per heavy atom. The summed E-state index contributed by atoms with van der Waals surface area (Å²) in [6.45, 7) is 3.50. The Morgan fingerprint density at radius 3 is 2.71 bits per heavy atom. The van der Waals surface area contributed by atoms with E-state index in [2.05, 4.69) is 10.2 Å². The molecular weight excluding hydrogens is 176 g/mol. The predicted molar refractivity (Wildman–Crippen MR) is 54.3 cm³/mol. The Labute approximate surface area is 81.8 Å². The molecule has 0 saturated carbocycles. The van der Waals surface area contributed by atoms with Crippen LogP contribution in [0.3, 0.4) is 0 Å². The van der Waals surface area contributed by atoms with Crippen LogP contribution < -0.4 is 0 Å². The minimum absolute atomic E-state index is 0.0547. The predicted octanol–water partition coefficient (Wildman–Crippen LogP) is 2.14. The molecule has 0 N–H and O–H groups in total. The average Bonchev–Trinajstić information content (AvgIpc) is 2.16. The number of nitrogens with zero attached hydrogens (tertiary/aromatic N) is 2. The highest BCUT2D eigenvalue weighted by atomic mass is 16.1. The van der Waals surface area contributed by atoms with E-state index in [1.54, 1.807) is 6.07 Å². The summed E-state index contributed by atoms with van der Waals surface area (Å²) in [6.07, 6.45) is 0. The molecule has 0 aliphatic heterocycles. The maximum atomic E-state index is 11.1. The van der Waals surface area contributed by atoms with E-state index >= 15 is 0 Å². The van der Waals surface area contributed by atoms with E-state index in [1.807, 2.05) is 25.1 Å². The van der Waals surface area contributed by atoms with Crippen molar-refractivity contribution in [3.05, 3.63) is 35.5 Å². The fraction of sp³-hybridized carbons (Fsp3) is 0.182. The number of aromatic nitrogens is 2. The van der Waals surface area contributed by atoms with Crippen molar-refractivity contribution in [1.29, 1.82) is 0 Å². The molecule has 0 fully saturated rings. The molecule has 0 amide bonds. The summed E-state index contributed by atoms with van der Waals surface area (Å²) < 4.78 is 0. The van der Waals surface area contributed by atoms with Gasteiger partial charge >= 0.3 is 0 Å². The summed E-state index contributed by atoms with van der Waals surface area (Å²) in [5.41, 5.74) is 2.39. The molecule has 2 rings (SSSR count). The molecule has 0 bridgehead atoms. The SMILES string of the molecule is CC(=O)c1cc2cc(C)ccc2nn1. The number of carbonyl (C=O) groups excluding carboxylic acids is 1. The maximum absolute atomic E-state index is 11.1. The molecule has 1 aromatic carbocycles. The Balaban J connectivity index is 2.69. The molecule has 3 heteroatoms. The van der Waals surface area contributed by atoms with Gasteiger partial charge in [-0.15, -0.1) is 10.2 Å². The van der Waals surface area contributed by atoms with Crippen molar-refractivity contribution in [3.63, 3.8) is 0 Å². The third kappa shape index (κ3) is 1.48. The van der Waals surface area contributed by atoms with Gasteiger partial charge in [-0.3, -0.25) is 4.79 Å². The summed E-state index contributed by atoms with van der Waals surface area (Å²) in [4.78, 5) is 11.1. The number of ketones is 1. The van der Waals surface area contributed by atoms with Gasteiger partial charge in [0, 0.05) is 12.3 Å². The number of hydrogen-bond donors (Lipinski definition) is 0. The lowest BCUT2D eigenvalue weighted by atomic mass is 10.1. The number of Topliss-reactive ketones (excluding diaryl/α,β-unsaturated/α-hetero) is 1. The zero-order valence-electron chi connectivity index (χ0n) is 8.11. The fourth-order valence-electron chi connectivity index (χ4n) is 1.34. The lowest BCUT2D eigenvalue weighted by Gasteiger charge is -1.99. The van der Waals surface area contributed by atoms with Gasteiger partial charge in [0.2, 0.25) is 0 Å². The Morgan fingerprint density at radius 2 is 2.00 bits per heavy atom. The van der Waals surface area contributed by atoms with E-state index in [0.717, 1.165) is 16.5 Å². The van der Waals surface area contributed by atoms with Crippen LogP contribution in [-0.2, 0) is 0 Å². The number of carbonyl (C=O) groups is 1. The standard InChI is InChI=1S/C11H10N2O/c1-7-3-4-10-9(5-7)6-11(8(2)14)13-12-10/h3-6H,1-2H3. The molecule has 2 aromatic rings. The van der Waals surface area contributed by atoms with Crippen molar-refractivity contribution < 1.29 is 4.79 Å². The smallest absolute Gasteiger partial charge is 0.180 e. The van der Waals surface area contributed by atoms with E-state index in [4.69, 9.17) is 0 Å². The van der Waals surface area contributed by atoms with E-state index in [9.17, 15) is 4.79 Å². The quantitative estimate of drug-likeness (QED) is 0.641. The zero-order chi connectivity index (χ0) is 10.1. The van der Waals surface area contributed by atoms with Gasteiger partial charge in [-0.25, -0.2) is 0 Å². The molecule has 1 aromatic heterocycles. The van der Waals surface area contributed by atoms with Gasteiger partial charge in [-0.2, -0.15) is 0 Å².